The molecule has 4 heteroatoms. The van der Waals surface area contributed by atoms with E-state index in [-0.39, 0.29) is 18.6 Å². The summed E-state index contributed by atoms with van der Waals surface area (Å²) in [5.41, 5.74) is 0. The van der Waals surface area contributed by atoms with E-state index in [0.29, 0.717) is 6.61 Å². The number of nitrogens with zero attached hydrogens (tertiary/aromatic N) is 1. The van der Waals surface area contributed by atoms with Crippen LogP contribution in [0.4, 0.5) is 0 Å². The summed E-state index contributed by atoms with van der Waals surface area (Å²) in [5.74, 6) is 0. The van der Waals surface area contributed by atoms with Crippen LogP contribution in [0.1, 0.15) is 6.92 Å². The fourth-order valence-electron chi connectivity index (χ4n) is 1.03. The van der Waals surface area contributed by atoms with Gasteiger partial charge in [-0.05, 0) is 6.92 Å². The van der Waals surface area contributed by atoms with Crippen molar-refractivity contribution in [2.75, 3.05) is 20.8 Å². The maximum Gasteiger partial charge on any atom is 0.151 e. The number of hydrogen-bond acceptors (Lipinski definition) is 3. The topological polar surface area (TPSA) is 41.8 Å². The third-order valence-corrected chi connectivity index (χ3v) is 1.73. The van der Waals surface area contributed by atoms with Gasteiger partial charge in [0.15, 0.2) is 6.23 Å². The first-order valence-corrected chi connectivity index (χ1v) is 3.65. The molecule has 1 aliphatic heterocycles. The maximum absolute atomic E-state index is 5.34. The summed E-state index contributed by atoms with van der Waals surface area (Å²) in [6, 6.07) is 0. The normalized spacial score (nSPS) is 39.0. The van der Waals surface area contributed by atoms with E-state index in [1.807, 2.05) is 6.92 Å². The van der Waals surface area contributed by atoms with Crippen molar-refractivity contribution in [3.8, 4) is 0 Å². The van der Waals surface area contributed by atoms with Gasteiger partial charge < -0.3 is 14.2 Å². The molecule has 1 heterocycles. The van der Waals surface area contributed by atoms with Gasteiger partial charge in [0.1, 0.15) is 6.23 Å². The molecule has 65 valence electrons. The van der Waals surface area contributed by atoms with Crippen LogP contribution in [0.2, 0.25) is 0 Å². The molecule has 0 aromatic rings. The Bertz CT molecular complexity index is 120. The van der Waals surface area contributed by atoms with E-state index in [2.05, 4.69) is 5.32 Å². The SMILES string of the molecule is COC1COC(C)C(OC)[N]1. The number of hydrogen-bond donors (Lipinski definition) is 0. The van der Waals surface area contributed by atoms with Gasteiger partial charge in [-0.15, -0.1) is 0 Å². The molecule has 4 nitrogen and oxygen atoms in total. The Morgan fingerprint density at radius 2 is 2.09 bits per heavy atom. The first kappa shape index (κ1) is 8.93. The average Bonchev–Trinajstić information content (AvgIpc) is 2.05. The first-order chi connectivity index (χ1) is 5.27. The van der Waals surface area contributed by atoms with Gasteiger partial charge in [-0.2, -0.15) is 5.32 Å². The van der Waals surface area contributed by atoms with Gasteiger partial charge >= 0.3 is 0 Å². The molecular formula is C7H14NO3. The molecule has 3 atom stereocenters. The second-order valence-corrected chi connectivity index (χ2v) is 2.50. The van der Waals surface area contributed by atoms with E-state index < -0.39 is 0 Å². The van der Waals surface area contributed by atoms with Gasteiger partial charge in [0.05, 0.1) is 12.7 Å². The molecule has 0 aromatic carbocycles. The van der Waals surface area contributed by atoms with Crippen LogP contribution in [-0.4, -0.2) is 39.4 Å². The zero-order chi connectivity index (χ0) is 8.27. The zero-order valence-electron chi connectivity index (χ0n) is 7.11. The lowest BCUT2D eigenvalue weighted by atomic mass is 10.3. The highest BCUT2D eigenvalue weighted by atomic mass is 16.6. The van der Waals surface area contributed by atoms with Crippen molar-refractivity contribution in [1.82, 2.24) is 5.32 Å². The maximum atomic E-state index is 5.34. The first-order valence-electron chi connectivity index (χ1n) is 3.65. The third-order valence-electron chi connectivity index (χ3n) is 1.73. The number of morpholine rings is 1. The van der Waals surface area contributed by atoms with Crippen LogP contribution in [-0.2, 0) is 14.2 Å². The number of ether oxygens (including phenoxy) is 3. The zero-order valence-corrected chi connectivity index (χ0v) is 7.11. The van der Waals surface area contributed by atoms with Crippen LogP contribution in [0.15, 0.2) is 0 Å². The smallest absolute Gasteiger partial charge is 0.151 e. The van der Waals surface area contributed by atoms with Crippen LogP contribution < -0.4 is 5.32 Å². The summed E-state index contributed by atoms with van der Waals surface area (Å²) in [6.07, 6.45) is -0.323. The molecular weight excluding hydrogens is 146 g/mol. The van der Waals surface area contributed by atoms with Gasteiger partial charge in [0.2, 0.25) is 0 Å². The summed E-state index contributed by atoms with van der Waals surface area (Å²) >= 11 is 0. The fourth-order valence-corrected chi connectivity index (χ4v) is 1.03. The number of methoxy groups -OCH3 is 2. The van der Waals surface area contributed by atoms with Crippen molar-refractivity contribution in [1.29, 1.82) is 0 Å². The Labute approximate surface area is 66.8 Å². The minimum atomic E-state index is -0.186. The van der Waals surface area contributed by atoms with E-state index >= 15 is 0 Å². The van der Waals surface area contributed by atoms with Gasteiger partial charge in [-0.3, -0.25) is 0 Å². The lowest BCUT2D eigenvalue weighted by Crippen LogP contribution is -2.49. The Morgan fingerprint density at radius 1 is 1.36 bits per heavy atom. The van der Waals surface area contributed by atoms with Gasteiger partial charge in [0.25, 0.3) is 0 Å². The minimum Gasteiger partial charge on any atom is -0.370 e. The van der Waals surface area contributed by atoms with Crippen molar-refractivity contribution in [2.24, 2.45) is 0 Å². The standard InChI is InChI=1S/C7H14NO3/c1-5-7(10-3)8-6(9-2)4-11-5/h5-7H,4H2,1-3H3. The third kappa shape index (κ3) is 2.13. The molecule has 11 heavy (non-hydrogen) atoms. The van der Waals surface area contributed by atoms with E-state index in [4.69, 9.17) is 14.2 Å². The van der Waals surface area contributed by atoms with Crippen LogP contribution in [0, 0.1) is 0 Å². The van der Waals surface area contributed by atoms with Crippen molar-refractivity contribution < 1.29 is 14.2 Å². The molecule has 0 spiro atoms. The van der Waals surface area contributed by atoms with E-state index in [9.17, 15) is 0 Å². The number of rotatable bonds is 2. The van der Waals surface area contributed by atoms with Gasteiger partial charge in [0, 0.05) is 14.2 Å². The molecule has 1 fully saturated rings. The van der Waals surface area contributed by atoms with Crippen molar-refractivity contribution in [2.45, 2.75) is 25.5 Å². The van der Waals surface area contributed by atoms with Crippen LogP contribution in [0.3, 0.4) is 0 Å². The van der Waals surface area contributed by atoms with E-state index in [1.54, 1.807) is 14.2 Å². The van der Waals surface area contributed by atoms with Crippen LogP contribution in [0.25, 0.3) is 0 Å². The highest BCUT2D eigenvalue weighted by Gasteiger charge is 2.28. The lowest BCUT2D eigenvalue weighted by Gasteiger charge is -2.32. The molecule has 0 aliphatic carbocycles. The Kier molecular flexibility index (Phi) is 3.26. The van der Waals surface area contributed by atoms with E-state index in [1.165, 1.54) is 0 Å². The molecule has 0 saturated carbocycles. The predicted octanol–water partition coefficient (Wildman–Crippen LogP) is -0.0455. The van der Waals surface area contributed by atoms with Gasteiger partial charge in [-0.1, -0.05) is 0 Å². The van der Waals surface area contributed by atoms with Crippen LogP contribution >= 0.6 is 0 Å². The quantitative estimate of drug-likeness (QED) is 0.569. The Morgan fingerprint density at radius 3 is 2.64 bits per heavy atom. The summed E-state index contributed by atoms with van der Waals surface area (Å²) in [4.78, 5) is 0. The van der Waals surface area contributed by atoms with Gasteiger partial charge in [-0.25, -0.2) is 0 Å². The summed E-state index contributed by atoms with van der Waals surface area (Å²) in [7, 11) is 3.23. The monoisotopic (exact) mass is 160 g/mol. The average molecular weight is 160 g/mol. The molecule has 1 saturated heterocycles. The van der Waals surface area contributed by atoms with Crippen LogP contribution in [0.5, 0.6) is 0 Å². The van der Waals surface area contributed by atoms with Crippen molar-refractivity contribution in [3.63, 3.8) is 0 Å². The molecule has 0 aromatic heterocycles. The molecule has 0 N–H and O–H groups in total. The highest BCUT2D eigenvalue weighted by molar-refractivity contribution is 4.71. The minimum absolute atomic E-state index is 0.0337. The molecule has 0 bridgehead atoms. The molecule has 1 rings (SSSR count). The summed E-state index contributed by atoms with van der Waals surface area (Å²) < 4.78 is 15.4. The molecule has 3 unspecified atom stereocenters. The summed E-state index contributed by atoms with van der Waals surface area (Å²) in [6.45, 7) is 2.46. The Balaban J connectivity index is 2.37. The molecule has 1 radical (unpaired) electrons. The van der Waals surface area contributed by atoms with Crippen molar-refractivity contribution in [3.05, 3.63) is 0 Å². The lowest BCUT2D eigenvalue weighted by molar-refractivity contribution is -0.161. The fraction of sp³-hybridized carbons (Fsp3) is 1.00. The molecule has 1 aliphatic rings. The largest absolute Gasteiger partial charge is 0.370 e. The Hall–Kier alpha value is -0.160. The van der Waals surface area contributed by atoms with E-state index in [0.717, 1.165) is 0 Å². The second-order valence-electron chi connectivity index (χ2n) is 2.50. The summed E-state index contributed by atoms with van der Waals surface area (Å²) in [5, 5.41) is 4.23. The van der Waals surface area contributed by atoms with Crippen molar-refractivity contribution >= 4 is 0 Å². The second kappa shape index (κ2) is 4.01. The highest BCUT2D eigenvalue weighted by Crippen LogP contribution is 2.10. The molecule has 0 amide bonds. The predicted molar refractivity (Wildman–Crippen MR) is 39.1 cm³/mol.